The molecule has 1 aromatic rings. The zero-order chi connectivity index (χ0) is 13.8. The molecule has 0 atom stereocenters. The van der Waals surface area contributed by atoms with Crippen molar-refractivity contribution in [1.29, 1.82) is 0 Å². The summed E-state index contributed by atoms with van der Waals surface area (Å²) in [6.07, 6.45) is 4.13. The summed E-state index contributed by atoms with van der Waals surface area (Å²) in [4.78, 5) is 4.00. The maximum absolute atomic E-state index is 12.2. The molecule has 0 spiro atoms. The Kier molecular flexibility index (Phi) is 7.46. The second-order valence-electron chi connectivity index (χ2n) is 4.14. The summed E-state index contributed by atoms with van der Waals surface area (Å²) in [6.45, 7) is 4.09. The van der Waals surface area contributed by atoms with Gasteiger partial charge in [0.1, 0.15) is 4.90 Å². The SMILES string of the molecule is CCC(CC)(CN)NS(=O)(=O)c1cncc(Br)c1.Cl. The highest BCUT2D eigenvalue weighted by Crippen LogP contribution is 2.20. The predicted octanol–water partition coefficient (Wildman–Crippen LogP) is 2.06. The number of hydrogen-bond acceptors (Lipinski definition) is 4. The zero-order valence-corrected chi connectivity index (χ0v) is 14.1. The summed E-state index contributed by atoms with van der Waals surface area (Å²) in [6, 6.07) is 1.52. The summed E-state index contributed by atoms with van der Waals surface area (Å²) in [5, 5.41) is 0. The smallest absolute Gasteiger partial charge is 0.242 e. The van der Waals surface area contributed by atoms with Gasteiger partial charge in [0.15, 0.2) is 0 Å². The maximum Gasteiger partial charge on any atom is 0.242 e. The van der Waals surface area contributed by atoms with Crippen molar-refractivity contribution in [1.82, 2.24) is 9.71 Å². The van der Waals surface area contributed by atoms with Gasteiger partial charge in [-0.25, -0.2) is 13.1 Å². The van der Waals surface area contributed by atoms with Gasteiger partial charge in [-0.05, 0) is 34.8 Å². The summed E-state index contributed by atoms with van der Waals surface area (Å²) < 4.78 is 27.8. The van der Waals surface area contributed by atoms with Gasteiger partial charge in [-0.15, -0.1) is 12.4 Å². The van der Waals surface area contributed by atoms with Gasteiger partial charge in [-0.3, -0.25) is 4.98 Å². The van der Waals surface area contributed by atoms with Crippen molar-refractivity contribution in [2.45, 2.75) is 37.1 Å². The highest BCUT2D eigenvalue weighted by Gasteiger charge is 2.30. The van der Waals surface area contributed by atoms with E-state index >= 15 is 0 Å². The van der Waals surface area contributed by atoms with Gasteiger partial charge in [-0.2, -0.15) is 0 Å². The molecule has 3 N–H and O–H groups in total. The number of halogens is 2. The molecule has 0 amide bonds. The summed E-state index contributed by atoms with van der Waals surface area (Å²) in [5.41, 5.74) is 5.10. The van der Waals surface area contributed by atoms with E-state index in [2.05, 4.69) is 25.6 Å². The van der Waals surface area contributed by atoms with Gasteiger partial charge in [0.25, 0.3) is 0 Å². The summed E-state index contributed by atoms with van der Waals surface area (Å²) in [7, 11) is -3.60. The minimum absolute atomic E-state index is 0. The van der Waals surface area contributed by atoms with Crippen LogP contribution in [0.1, 0.15) is 26.7 Å². The molecular formula is C11H19BrClN3O2S. The van der Waals surface area contributed by atoms with Crippen LogP contribution in [0.3, 0.4) is 0 Å². The van der Waals surface area contributed by atoms with Gasteiger partial charge < -0.3 is 5.73 Å². The number of nitrogens with two attached hydrogens (primary N) is 1. The van der Waals surface area contributed by atoms with Crippen LogP contribution in [0, 0.1) is 0 Å². The molecular weight excluding hydrogens is 354 g/mol. The maximum atomic E-state index is 12.2. The van der Waals surface area contributed by atoms with E-state index < -0.39 is 15.6 Å². The molecule has 0 unspecified atom stereocenters. The Bertz CT molecular complexity index is 498. The van der Waals surface area contributed by atoms with Crippen molar-refractivity contribution in [2.24, 2.45) is 5.73 Å². The first-order valence-electron chi connectivity index (χ1n) is 5.73. The molecule has 0 fully saturated rings. The van der Waals surface area contributed by atoms with Crippen LogP contribution in [0.5, 0.6) is 0 Å². The average molecular weight is 373 g/mol. The lowest BCUT2D eigenvalue weighted by molar-refractivity contribution is 0.363. The third-order valence-corrected chi connectivity index (χ3v) is 5.06. The van der Waals surface area contributed by atoms with Crippen LogP contribution in [-0.4, -0.2) is 25.5 Å². The highest BCUT2D eigenvalue weighted by molar-refractivity contribution is 9.10. The second-order valence-corrected chi connectivity index (χ2v) is 6.73. The quantitative estimate of drug-likeness (QED) is 0.800. The minimum atomic E-state index is -3.60. The average Bonchev–Trinajstić information content (AvgIpc) is 2.36. The third kappa shape index (κ3) is 4.68. The van der Waals surface area contributed by atoms with Crippen molar-refractivity contribution >= 4 is 38.4 Å². The first-order valence-corrected chi connectivity index (χ1v) is 8.01. The standard InChI is InChI=1S/C11H18BrN3O2S.ClH/c1-3-11(4-2,8-13)15-18(16,17)10-5-9(12)6-14-7-10;/h5-7,15H,3-4,8,13H2,1-2H3;1H. The largest absolute Gasteiger partial charge is 0.329 e. The van der Waals surface area contributed by atoms with E-state index in [0.29, 0.717) is 17.3 Å². The molecule has 1 heterocycles. The van der Waals surface area contributed by atoms with Crippen molar-refractivity contribution < 1.29 is 8.42 Å². The number of sulfonamides is 1. The highest BCUT2D eigenvalue weighted by atomic mass is 79.9. The number of pyridine rings is 1. The number of nitrogens with one attached hydrogen (secondary N) is 1. The van der Waals surface area contributed by atoms with Crippen LogP contribution in [0.2, 0.25) is 0 Å². The first kappa shape index (κ1) is 18.8. The van der Waals surface area contributed by atoms with Crippen molar-refractivity contribution in [3.63, 3.8) is 0 Å². The Hall–Kier alpha value is -0.210. The fourth-order valence-corrected chi connectivity index (χ4v) is 3.67. The lowest BCUT2D eigenvalue weighted by Crippen LogP contribution is -2.52. The predicted molar refractivity (Wildman–Crippen MR) is 81.9 cm³/mol. The Morgan fingerprint density at radius 2 is 1.95 bits per heavy atom. The molecule has 0 aromatic carbocycles. The molecule has 0 aliphatic carbocycles. The van der Waals surface area contributed by atoms with Crippen LogP contribution in [-0.2, 0) is 10.0 Å². The van der Waals surface area contributed by atoms with E-state index in [1.54, 1.807) is 0 Å². The normalized spacial score (nSPS) is 12.0. The zero-order valence-electron chi connectivity index (χ0n) is 10.9. The molecule has 0 saturated carbocycles. The second kappa shape index (κ2) is 7.54. The van der Waals surface area contributed by atoms with Crippen LogP contribution >= 0.6 is 28.3 Å². The van der Waals surface area contributed by atoms with E-state index in [-0.39, 0.29) is 23.8 Å². The van der Waals surface area contributed by atoms with Crippen molar-refractivity contribution in [2.75, 3.05) is 6.54 Å². The number of rotatable bonds is 6. The fourth-order valence-electron chi connectivity index (χ4n) is 1.61. The lowest BCUT2D eigenvalue weighted by atomic mass is 9.95. The molecule has 1 rings (SSSR count). The Balaban J connectivity index is 0.00000324. The van der Waals surface area contributed by atoms with Gasteiger partial charge in [0.05, 0.1) is 0 Å². The van der Waals surface area contributed by atoms with Gasteiger partial charge >= 0.3 is 0 Å². The van der Waals surface area contributed by atoms with Crippen molar-refractivity contribution in [3.8, 4) is 0 Å². The van der Waals surface area contributed by atoms with Crippen LogP contribution in [0.4, 0.5) is 0 Å². The van der Waals surface area contributed by atoms with E-state index in [9.17, 15) is 8.42 Å². The molecule has 19 heavy (non-hydrogen) atoms. The molecule has 0 bridgehead atoms. The summed E-state index contributed by atoms with van der Waals surface area (Å²) >= 11 is 3.21. The molecule has 1 aromatic heterocycles. The van der Waals surface area contributed by atoms with E-state index in [0.717, 1.165) is 0 Å². The Morgan fingerprint density at radius 1 is 1.37 bits per heavy atom. The van der Waals surface area contributed by atoms with E-state index in [4.69, 9.17) is 5.73 Å². The van der Waals surface area contributed by atoms with Crippen LogP contribution < -0.4 is 10.5 Å². The summed E-state index contributed by atoms with van der Waals surface area (Å²) in [5.74, 6) is 0. The monoisotopic (exact) mass is 371 g/mol. The van der Waals surface area contributed by atoms with Crippen LogP contribution in [0.15, 0.2) is 27.8 Å². The minimum Gasteiger partial charge on any atom is -0.329 e. The number of hydrogen-bond donors (Lipinski definition) is 2. The lowest BCUT2D eigenvalue weighted by Gasteiger charge is -2.30. The Labute approximate surface area is 129 Å². The molecule has 0 aliphatic rings. The number of aromatic nitrogens is 1. The van der Waals surface area contributed by atoms with Gasteiger partial charge in [0.2, 0.25) is 10.0 Å². The molecule has 8 heteroatoms. The molecule has 5 nitrogen and oxygen atoms in total. The molecule has 0 saturated heterocycles. The molecule has 110 valence electrons. The van der Waals surface area contributed by atoms with E-state index in [1.807, 2.05) is 13.8 Å². The fraction of sp³-hybridized carbons (Fsp3) is 0.545. The topological polar surface area (TPSA) is 85.1 Å². The molecule has 0 aliphatic heterocycles. The first-order chi connectivity index (χ1) is 8.39. The Morgan fingerprint density at radius 3 is 2.37 bits per heavy atom. The number of nitrogens with zero attached hydrogens (tertiary/aromatic N) is 1. The van der Waals surface area contributed by atoms with E-state index in [1.165, 1.54) is 18.5 Å². The van der Waals surface area contributed by atoms with Gasteiger partial charge in [0, 0.05) is 29.0 Å². The van der Waals surface area contributed by atoms with Crippen molar-refractivity contribution in [3.05, 3.63) is 22.9 Å². The van der Waals surface area contributed by atoms with Gasteiger partial charge in [-0.1, -0.05) is 13.8 Å². The third-order valence-electron chi connectivity index (χ3n) is 3.09. The van der Waals surface area contributed by atoms with Crippen LogP contribution in [0.25, 0.3) is 0 Å². The molecule has 0 radical (unpaired) electrons.